The SMILES string of the molecule is CCCN(CC(=O)Nc1ccccc1C)Cc1ccc(Cl)c2cccnc12. The third-order valence-electron chi connectivity index (χ3n) is 4.52. The second kappa shape index (κ2) is 8.98. The van der Waals surface area contributed by atoms with Crippen LogP contribution >= 0.6 is 11.6 Å². The van der Waals surface area contributed by atoms with E-state index in [-0.39, 0.29) is 5.91 Å². The minimum absolute atomic E-state index is 0.0102. The molecule has 3 rings (SSSR count). The number of benzene rings is 2. The Morgan fingerprint density at radius 1 is 1.15 bits per heavy atom. The number of hydrogen-bond acceptors (Lipinski definition) is 3. The molecule has 1 aromatic heterocycles. The van der Waals surface area contributed by atoms with E-state index in [1.165, 1.54) is 0 Å². The lowest BCUT2D eigenvalue weighted by molar-refractivity contribution is -0.117. The molecule has 0 bridgehead atoms. The summed E-state index contributed by atoms with van der Waals surface area (Å²) >= 11 is 6.30. The summed E-state index contributed by atoms with van der Waals surface area (Å²) < 4.78 is 0. The number of para-hydroxylation sites is 1. The van der Waals surface area contributed by atoms with Gasteiger partial charge in [-0.05, 0) is 55.3 Å². The molecule has 2 aromatic carbocycles. The molecule has 0 radical (unpaired) electrons. The Morgan fingerprint density at radius 3 is 2.74 bits per heavy atom. The molecule has 0 aliphatic heterocycles. The first-order valence-corrected chi connectivity index (χ1v) is 9.56. The zero-order valence-electron chi connectivity index (χ0n) is 15.7. The van der Waals surface area contributed by atoms with Crippen molar-refractivity contribution >= 4 is 34.1 Å². The summed E-state index contributed by atoms with van der Waals surface area (Å²) in [6.07, 6.45) is 2.74. The Labute approximate surface area is 165 Å². The van der Waals surface area contributed by atoms with Crippen LogP contribution in [0, 0.1) is 6.92 Å². The number of aryl methyl sites for hydroxylation is 1. The molecule has 0 fully saturated rings. The number of nitrogens with zero attached hydrogens (tertiary/aromatic N) is 2. The first-order valence-electron chi connectivity index (χ1n) is 9.18. The van der Waals surface area contributed by atoms with Gasteiger partial charge in [-0.15, -0.1) is 0 Å². The quantitative estimate of drug-likeness (QED) is 0.623. The van der Waals surface area contributed by atoms with E-state index in [1.54, 1.807) is 6.20 Å². The molecule has 3 aromatic rings. The summed E-state index contributed by atoms with van der Waals surface area (Å²) in [5, 5.41) is 4.65. The minimum Gasteiger partial charge on any atom is -0.325 e. The van der Waals surface area contributed by atoms with Crippen molar-refractivity contribution in [3.8, 4) is 0 Å². The van der Waals surface area contributed by atoms with Gasteiger partial charge in [0.1, 0.15) is 0 Å². The predicted octanol–water partition coefficient (Wildman–Crippen LogP) is 5.05. The maximum atomic E-state index is 12.6. The predicted molar refractivity (Wildman–Crippen MR) is 112 cm³/mol. The number of fused-ring (bicyclic) bond motifs is 1. The third-order valence-corrected chi connectivity index (χ3v) is 4.85. The van der Waals surface area contributed by atoms with Crippen molar-refractivity contribution in [1.29, 1.82) is 0 Å². The van der Waals surface area contributed by atoms with Crippen molar-refractivity contribution in [2.75, 3.05) is 18.4 Å². The van der Waals surface area contributed by atoms with Gasteiger partial charge in [0.2, 0.25) is 5.91 Å². The summed E-state index contributed by atoms with van der Waals surface area (Å²) in [5.41, 5.74) is 3.89. The van der Waals surface area contributed by atoms with Crippen LogP contribution < -0.4 is 5.32 Å². The lowest BCUT2D eigenvalue weighted by Gasteiger charge is -2.22. The van der Waals surface area contributed by atoms with Gasteiger partial charge in [0.15, 0.2) is 0 Å². The van der Waals surface area contributed by atoms with E-state index in [4.69, 9.17) is 11.6 Å². The van der Waals surface area contributed by atoms with Crippen molar-refractivity contribution in [2.45, 2.75) is 26.8 Å². The Balaban J connectivity index is 1.76. The first kappa shape index (κ1) is 19.3. The van der Waals surface area contributed by atoms with Crippen LogP contribution in [0.1, 0.15) is 24.5 Å². The Morgan fingerprint density at radius 2 is 1.96 bits per heavy atom. The highest BCUT2D eigenvalue weighted by Crippen LogP contribution is 2.25. The van der Waals surface area contributed by atoms with Crippen LogP contribution in [0.15, 0.2) is 54.7 Å². The molecule has 27 heavy (non-hydrogen) atoms. The van der Waals surface area contributed by atoms with Gasteiger partial charge in [-0.3, -0.25) is 14.7 Å². The Kier molecular flexibility index (Phi) is 6.43. The monoisotopic (exact) mass is 381 g/mol. The molecule has 0 atom stereocenters. The van der Waals surface area contributed by atoms with E-state index in [1.807, 2.05) is 55.5 Å². The van der Waals surface area contributed by atoms with Gasteiger partial charge in [-0.2, -0.15) is 0 Å². The molecule has 5 heteroatoms. The van der Waals surface area contributed by atoms with Gasteiger partial charge in [0, 0.05) is 28.8 Å². The fourth-order valence-corrected chi connectivity index (χ4v) is 3.42. The van der Waals surface area contributed by atoms with Crippen LogP contribution in [-0.4, -0.2) is 28.9 Å². The van der Waals surface area contributed by atoms with E-state index >= 15 is 0 Å². The zero-order valence-corrected chi connectivity index (χ0v) is 16.5. The number of rotatable bonds is 7. The summed E-state index contributed by atoms with van der Waals surface area (Å²) in [4.78, 5) is 19.2. The van der Waals surface area contributed by atoms with Crippen molar-refractivity contribution < 1.29 is 4.79 Å². The molecular weight excluding hydrogens is 358 g/mol. The number of hydrogen-bond donors (Lipinski definition) is 1. The average molecular weight is 382 g/mol. The molecule has 0 saturated carbocycles. The number of carbonyl (C=O) groups excluding carboxylic acids is 1. The van der Waals surface area contributed by atoms with Crippen LogP contribution in [0.3, 0.4) is 0 Å². The summed E-state index contributed by atoms with van der Waals surface area (Å²) in [7, 11) is 0. The molecule has 0 aliphatic rings. The number of nitrogens with one attached hydrogen (secondary N) is 1. The second-order valence-corrected chi connectivity index (χ2v) is 7.09. The van der Waals surface area contributed by atoms with Gasteiger partial charge < -0.3 is 5.32 Å². The van der Waals surface area contributed by atoms with Gasteiger partial charge >= 0.3 is 0 Å². The summed E-state index contributed by atoms with van der Waals surface area (Å²) in [5.74, 6) is -0.0102. The smallest absolute Gasteiger partial charge is 0.238 e. The van der Waals surface area contributed by atoms with E-state index in [0.29, 0.717) is 18.1 Å². The van der Waals surface area contributed by atoms with Crippen LogP contribution in [0.25, 0.3) is 10.9 Å². The average Bonchev–Trinajstić information content (AvgIpc) is 2.66. The first-order chi connectivity index (χ1) is 13.1. The molecule has 140 valence electrons. The molecular formula is C22H24ClN3O. The van der Waals surface area contributed by atoms with Crippen molar-refractivity contribution in [1.82, 2.24) is 9.88 Å². The van der Waals surface area contributed by atoms with Crippen LogP contribution in [0.4, 0.5) is 5.69 Å². The van der Waals surface area contributed by atoms with E-state index < -0.39 is 0 Å². The van der Waals surface area contributed by atoms with Crippen LogP contribution in [0.2, 0.25) is 5.02 Å². The maximum Gasteiger partial charge on any atom is 0.238 e. The Hall–Kier alpha value is -2.43. The number of carbonyl (C=O) groups is 1. The fourth-order valence-electron chi connectivity index (χ4n) is 3.20. The van der Waals surface area contributed by atoms with Gasteiger partial charge in [-0.1, -0.05) is 42.8 Å². The molecule has 0 aliphatic carbocycles. The van der Waals surface area contributed by atoms with Crippen molar-refractivity contribution in [2.24, 2.45) is 0 Å². The molecule has 0 saturated heterocycles. The molecule has 0 spiro atoms. The largest absolute Gasteiger partial charge is 0.325 e. The van der Waals surface area contributed by atoms with Crippen molar-refractivity contribution in [3.05, 3.63) is 70.9 Å². The number of aromatic nitrogens is 1. The number of pyridine rings is 1. The summed E-state index contributed by atoms with van der Waals surface area (Å²) in [6.45, 7) is 5.92. The molecule has 1 heterocycles. The second-order valence-electron chi connectivity index (χ2n) is 6.68. The summed E-state index contributed by atoms with van der Waals surface area (Å²) in [6, 6.07) is 15.6. The number of amides is 1. The Bertz CT molecular complexity index is 942. The highest BCUT2D eigenvalue weighted by Gasteiger charge is 2.14. The third kappa shape index (κ3) is 4.85. The minimum atomic E-state index is -0.0102. The number of anilines is 1. The molecule has 1 N–H and O–H groups in total. The lowest BCUT2D eigenvalue weighted by Crippen LogP contribution is -2.33. The van der Waals surface area contributed by atoms with Crippen molar-refractivity contribution in [3.63, 3.8) is 0 Å². The van der Waals surface area contributed by atoms with E-state index in [9.17, 15) is 4.79 Å². The van der Waals surface area contributed by atoms with E-state index in [0.717, 1.165) is 40.7 Å². The van der Waals surface area contributed by atoms with E-state index in [2.05, 4.69) is 22.1 Å². The van der Waals surface area contributed by atoms with Gasteiger partial charge in [0.25, 0.3) is 0 Å². The fraction of sp³-hybridized carbons (Fsp3) is 0.273. The molecule has 0 unspecified atom stereocenters. The highest BCUT2D eigenvalue weighted by molar-refractivity contribution is 6.35. The van der Waals surface area contributed by atoms with Crippen LogP contribution in [-0.2, 0) is 11.3 Å². The highest BCUT2D eigenvalue weighted by atomic mass is 35.5. The number of halogens is 1. The van der Waals surface area contributed by atoms with Gasteiger partial charge in [-0.25, -0.2) is 0 Å². The zero-order chi connectivity index (χ0) is 19.2. The topological polar surface area (TPSA) is 45.2 Å². The molecule has 4 nitrogen and oxygen atoms in total. The molecule has 1 amide bonds. The van der Waals surface area contributed by atoms with Gasteiger partial charge in [0.05, 0.1) is 12.1 Å². The standard InChI is InChI=1S/C22H24ClN3O/c1-3-13-26(15-21(27)25-20-9-5-4-7-16(20)2)14-17-10-11-19(23)18-8-6-12-24-22(17)18/h4-12H,3,13-15H2,1-2H3,(H,25,27). The lowest BCUT2D eigenvalue weighted by atomic mass is 10.1. The van der Waals surface area contributed by atoms with Crippen LogP contribution in [0.5, 0.6) is 0 Å². The maximum absolute atomic E-state index is 12.6. The normalized spacial score (nSPS) is 11.1.